The van der Waals surface area contributed by atoms with Crippen molar-refractivity contribution in [3.8, 4) is 0 Å². The number of hydrogen-bond donors (Lipinski definition) is 2. The predicted molar refractivity (Wildman–Crippen MR) is 111 cm³/mol. The molecule has 0 aliphatic carbocycles. The molecule has 7 heteroatoms. The summed E-state index contributed by atoms with van der Waals surface area (Å²) in [5.74, 6) is -1.78. The number of nitrogens with one attached hydrogen (secondary N) is 1. The van der Waals surface area contributed by atoms with Gasteiger partial charge in [0.05, 0.1) is 6.21 Å². The Kier molecular flexibility index (Phi) is 6.51. The van der Waals surface area contributed by atoms with Crippen LogP contribution in [-0.2, 0) is 11.3 Å². The lowest BCUT2D eigenvalue weighted by Gasteiger charge is -2.21. The van der Waals surface area contributed by atoms with Gasteiger partial charge in [0, 0.05) is 30.9 Å². The van der Waals surface area contributed by atoms with Crippen LogP contribution in [0.1, 0.15) is 34.9 Å². The van der Waals surface area contributed by atoms with E-state index in [9.17, 15) is 18.7 Å². The highest BCUT2D eigenvalue weighted by atomic mass is 19.1. The van der Waals surface area contributed by atoms with E-state index in [2.05, 4.69) is 4.98 Å². The molecular weight excluding hydrogens is 388 g/mol. The lowest BCUT2D eigenvalue weighted by molar-refractivity contribution is -0.111. The number of aliphatic hydroxyl groups is 1. The third kappa shape index (κ3) is 4.86. The number of aliphatic hydroxyl groups excluding tert-OH is 1. The minimum absolute atomic E-state index is 0.123. The third-order valence-electron chi connectivity index (χ3n) is 4.94. The maximum Gasteiger partial charge on any atom is 0.237 e. The summed E-state index contributed by atoms with van der Waals surface area (Å²) >= 11 is 0. The van der Waals surface area contributed by atoms with E-state index in [1.807, 2.05) is 6.92 Å². The van der Waals surface area contributed by atoms with Crippen LogP contribution in [0, 0.1) is 24.0 Å². The van der Waals surface area contributed by atoms with Crippen LogP contribution in [0.25, 0.3) is 6.08 Å². The van der Waals surface area contributed by atoms with Gasteiger partial charge in [0.25, 0.3) is 0 Å². The van der Waals surface area contributed by atoms with Crippen molar-refractivity contribution in [2.24, 2.45) is 0 Å². The molecule has 0 saturated heterocycles. The first kappa shape index (κ1) is 21.1. The van der Waals surface area contributed by atoms with Crippen molar-refractivity contribution in [3.05, 3.63) is 94.8 Å². The van der Waals surface area contributed by atoms with Crippen LogP contribution in [0.15, 0.2) is 60.6 Å². The SMILES string of the molecule is Cc1cc(F)ccc1[C@@H](CCn1ccnc1/C=C(\O)C(=O)C=N)c1ccc(F)cc1. The number of Topliss-reactive ketones (excluding diaryl/α,β-unsaturated/α-hetero) is 1. The van der Waals surface area contributed by atoms with Gasteiger partial charge < -0.3 is 15.1 Å². The van der Waals surface area contributed by atoms with E-state index < -0.39 is 11.5 Å². The molecule has 0 spiro atoms. The van der Waals surface area contributed by atoms with Gasteiger partial charge in [-0.15, -0.1) is 0 Å². The van der Waals surface area contributed by atoms with E-state index >= 15 is 0 Å². The quantitative estimate of drug-likeness (QED) is 0.318. The molecule has 1 heterocycles. The Morgan fingerprint density at radius 1 is 1.20 bits per heavy atom. The number of nitrogens with zero attached hydrogens (tertiary/aromatic N) is 2. The third-order valence-corrected chi connectivity index (χ3v) is 4.94. The largest absolute Gasteiger partial charge is 0.504 e. The number of aromatic nitrogens is 2. The summed E-state index contributed by atoms with van der Waals surface area (Å²) < 4.78 is 28.8. The fraction of sp³-hybridized carbons (Fsp3) is 0.174. The normalized spacial score (nSPS) is 12.6. The summed E-state index contributed by atoms with van der Waals surface area (Å²) in [6, 6.07) is 10.8. The van der Waals surface area contributed by atoms with Crippen molar-refractivity contribution in [1.29, 1.82) is 5.41 Å². The number of carbonyl (C=O) groups excluding carboxylic acids is 1. The van der Waals surface area contributed by atoms with Crippen molar-refractivity contribution in [1.82, 2.24) is 9.55 Å². The number of ketones is 1. The zero-order valence-corrected chi connectivity index (χ0v) is 16.3. The van der Waals surface area contributed by atoms with Gasteiger partial charge in [-0.2, -0.15) is 0 Å². The molecule has 0 fully saturated rings. The molecule has 3 rings (SSSR count). The molecule has 0 unspecified atom stereocenters. The number of hydrogen-bond acceptors (Lipinski definition) is 4. The number of halogens is 2. The van der Waals surface area contributed by atoms with Crippen molar-refractivity contribution in [3.63, 3.8) is 0 Å². The van der Waals surface area contributed by atoms with Gasteiger partial charge in [-0.3, -0.25) is 4.79 Å². The molecule has 1 atom stereocenters. The number of carbonyl (C=O) groups is 1. The van der Waals surface area contributed by atoms with Crippen LogP contribution in [0.2, 0.25) is 0 Å². The number of aryl methyl sites for hydroxylation is 2. The first-order valence-corrected chi connectivity index (χ1v) is 9.37. The molecule has 0 aliphatic rings. The fourth-order valence-corrected chi connectivity index (χ4v) is 3.41. The van der Waals surface area contributed by atoms with Gasteiger partial charge in [-0.25, -0.2) is 13.8 Å². The monoisotopic (exact) mass is 409 g/mol. The smallest absolute Gasteiger partial charge is 0.237 e. The maximum atomic E-state index is 13.6. The molecule has 2 aromatic carbocycles. The maximum absolute atomic E-state index is 13.6. The lowest BCUT2D eigenvalue weighted by Crippen LogP contribution is -2.10. The van der Waals surface area contributed by atoms with Crippen molar-refractivity contribution in [2.75, 3.05) is 0 Å². The van der Waals surface area contributed by atoms with E-state index in [1.54, 1.807) is 35.2 Å². The second kappa shape index (κ2) is 9.26. The lowest BCUT2D eigenvalue weighted by atomic mass is 9.86. The van der Waals surface area contributed by atoms with E-state index in [0.717, 1.165) is 16.7 Å². The average molecular weight is 409 g/mol. The summed E-state index contributed by atoms with van der Waals surface area (Å²) in [6.07, 6.45) is 5.59. The molecule has 5 nitrogen and oxygen atoms in total. The average Bonchev–Trinajstić information content (AvgIpc) is 3.16. The second-order valence-electron chi connectivity index (χ2n) is 6.91. The Morgan fingerprint density at radius 3 is 2.57 bits per heavy atom. The molecule has 30 heavy (non-hydrogen) atoms. The zero-order valence-electron chi connectivity index (χ0n) is 16.3. The Bertz CT molecular complexity index is 1090. The highest BCUT2D eigenvalue weighted by Crippen LogP contribution is 2.31. The molecular formula is C23H21F2N3O2. The number of imidazole rings is 1. The Hall–Kier alpha value is -3.61. The fourth-order valence-electron chi connectivity index (χ4n) is 3.41. The first-order chi connectivity index (χ1) is 14.4. The van der Waals surface area contributed by atoms with Crippen LogP contribution >= 0.6 is 0 Å². The van der Waals surface area contributed by atoms with Crippen molar-refractivity contribution in [2.45, 2.75) is 25.8 Å². The predicted octanol–water partition coefficient (Wildman–Crippen LogP) is 4.81. The molecule has 2 N–H and O–H groups in total. The number of benzene rings is 2. The molecule has 154 valence electrons. The second-order valence-corrected chi connectivity index (χ2v) is 6.91. The van der Waals surface area contributed by atoms with E-state index in [-0.39, 0.29) is 17.6 Å². The summed E-state index contributed by atoms with van der Waals surface area (Å²) in [5.41, 5.74) is 2.62. The Morgan fingerprint density at radius 2 is 1.90 bits per heavy atom. The minimum Gasteiger partial charge on any atom is -0.504 e. The van der Waals surface area contributed by atoms with Crippen LogP contribution in [0.3, 0.4) is 0 Å². The molecule has 0 amide bonds. The molecule has 1 aromatic heterocycles. The Balaban J connectivity index is 1.90. The van der Waals surface area contributed by atoms with Crippen LogP contribution < -0.4 is 0 Å². The molecule has 3 aromatic rings. The van der Waals surface area contributed by atoms with Crippen molar-refractivity contribution < 1.29 is 18.7 Å². The van der Waals surface area contributed by atoms with Gasteiger partial charge in [0.1, 0.15) is 17.5 Å². The van der Waals surface area contributed by atoms with Gasteiger partial charge in [-0.1, -0.05) is 18.2 Å². The number of rotatable bonds is 8. The minimum atomic E-state index is -0.810. The van der Waals surface area contributed by atoms with Crippen LogP contribution in [0.4, 0.5) is 8.78 Å². The van der Waals surface area contributed by atoms with Crippen molar-refractivity contribution >= 4 is 18.1 Å². The number of allylic oxidation sites excluding steroid dienone is 1. The standard InChI is InChI=1S/C23H21F2N3O2/c1-15-12-18(25)6-7-19(15)20(16-2-4-17(24)5-3-16)8-10-28-11-9-27-23(28)13-21(29)22(30)14-26/h2-7,9,11-14,20,26,29H,8,10H2,1H3/b21-13-,26-14?/t20-/m0/s1. The van der Waals surface area contributed by atoms with Gasteiger partial charge in [0.2, 0.25) is 5.78 Å². The van der Waals surface area contributed by atoms with Crippen LogP contribution in [0.5, 0.6) is 0 Å². The highest BCUT2D eigenvalue weighted by molar-refractivity contribution is 6.34. The topological polar surface area (TPSA) is 79.0 Å². The zero-order chi connectivity index (χ0) is 21.7. The first-order valence-electron chi connectivity index (χ1n) is 9.37. The van der Waals surface area contributed by atoms with E-state index in [0.29, 0.717) is 25.0 Å². The van der Waals surface area contributed by atoms with Gasteiger partial charge in [-0.05, 0) is 54.3 Å². The molecule has 0 saturated carbocycles. The van der Waals surface area contributed by atoms with E-state index in [1.165, 1.54) is 30.3 Å². The summed E-state index contributed by atoms with van der Waals surface area (Å²) in [5, 5.41) is 16.7. The summed E-state index contributed by atoms with van der Waals surface area (Å²) in [7, 11) is 0. The van der Waals surface area contributed by atoms with Gasteiger partial charge >= 0.3 is 0 Å². The van der Waals surface area contributed by atoms with Crippen LogP contribution in [-0.4, -0.2) is 26.7 Å². The highest BCUT2D eigenvalue weighted by Gasteiger charge is 2.18. The summed E-state index contributed by atoms with van der Waals surface area (Å²) in [4.78, 5) is 15.6. The van der Waals surface area contributed by atoms with Gasteiger partial charge in [0.15, 0.2) is 5.76 Å². The Labute approximate surface area is 172 Å². The molecule has 0 radical (unpaired) electrons. The summed E-state index contributed by atoms with van der Waals surface area (Å²) in [6.45, 7) is 2.32. The van der Waals surface area contributed by atoms with E-state index in [4.69, 9.17) is 5.41 Å². The molecule has 0 aliphatic heterocycles. The molecule has 0 bridgehead atoms.